The number of phenols is 1. The summed E-state index contributed by atoms with van der Waals surface area (Å²) in [4.78, 5) is 29.1. The smallest absolute Gasteiger partial charge is 0.280 e. The number of thioether (sulfide) groups is 2. The Morgan fingerprint density at radius 1 is 0.789 bits per heavy atom. The molecule has 2 amide bonds. The van der Waals surface area contributed by atoms with Gasteiger partial charge in [-0.2, -0.15) is 0 Å². The van der Waals surface area contributed by atoms with E-state index in [1.165, 1.54) is 33.5 Å². The molecule has 2 aliphatic heterocycles. The van der Waals surface area contributed by atoms with Crippen LogP contribution in [0.5, 0.6) is 11.5 Å². The van der Waals surface area contributed by atoms with Gasteiger partial charge in [0.05, 0.1) is 33.7 Å². The van der Waals surface area contributed by atoms with Gasteiger partial charge in [-0.05, 0) is 42.5 Å². The number of carbonyl (C=O) groups is 2. The fraction of sp³-hybridized carbons (Fsp3) is 0.267. The van der Waals surface area contributed by atoms with Gasteiger partial charge in [0.25, 0.3) is 11.8 Å². The molecule has 2 aliphatic rings. The normalized spacial score (nSPS) is 15.0. The number of carbonyl (C=O) groups excluding carboxylic acids is 2. The Balaban J connectivity index is 1.54. The molecule has 0 atom stereocenters. The van der Waals surface area contributed by atoms with Crippen molar-refractivity contribution in [1.82, 2.24) is 10.0 Å². The van der Waals surface area contributed by atoms with Crippen LogP contribution in [0.15, 0.2) is 80.3 Å². The standard InChI is InChI=1S/C30H30N2O4S2/c1-4-5-16-36-25-20(3)19(2)24(33)26-27(25)38-30(37-26)23-28(34)31(17-21-12-8-6-9-13-21)32(29(23)35)18-22-14-10-7-11-15-22/h6-15,33H,4-5,16-18H2,1-3H3. The summed E-state index contributed by atoms with van der Waals surface area (Å²) in [7, 11) is 0. The number of hydrogen-bond acceptors (Lipinski definition) is 6. The highest BCUT2D eigenvalue weighted by atomic mass is 32.2. The van der Waals surface area contributed by atoms with Crippen LogP contribution in [-0.4, -0.2) is 33.5 Å². The van der Waals surface area contributed by atoms with E-state index in [0.29, 0.717) is 15.7 Å². The molecule has 0 aliphatic carbocycles. The zero-order valence-corrected chi connectivity index (χ0v) is 23.3. The summed E-state index contributed by atoms with van der Waals surface area (Å²) in [6.07, 6.45) is 1.92. The maximum Gasteiger partial charge on any atom is 0.280 e. The Kier molecular flexibility index (Phi) is 7.72. The van der Waals surface area contributed by atoms with E-state index in [2.05, 4.69) is 6.92 Å². The SMILES string of the molecule is CCCCOc1c(C)c(C)c(O)c2c1SC(=C1C(=O)N(Cc3ccccc3)N(Cc3ccccc3)C1=O)S2. The van der Waals surface area contributed by atoms with Crippen molar-refractivity contribution >= 4 is 35.3 Å². The molecule has 0 unspecified atom stereocenters. The van der Waals surface area contributed by atoms with Crippen LogP contribution in [0.25, 0.3) is 0 Å². The van der Waals surface area contributed by atoms with Gasteiger partial charge in [0.15, 0.2) is 0 Å². The Bertz CT molecular complexity index is 1350. The van der Waals surface area contributed by atoms with Crippen LogP contribution in [-0.2, 0) is 22.7 Å². The zero-order chi connectivity index (χ0) is 26.8. The van der Waals surface area contributed by atoms with Crippen molar-refractivity contribution in [2.75, 3.05) is 6.61 Å². The summed E-state index contributed by atoms with van der Waals surface area (Å²) in [6, 6.07) is 19.3. The molecule has 38 heavy (non-hydrogen) atoms. The van der Waals surface area contributed by atoms with Crippen LogP contribution in [0.4, 0.5) is 0 Å². The summed E-state index contributed by atoms with van der Waals surface area (Å²) in [6.45, 7) is 7.04. The van der Waals surface area contributed by atoms with Crippen molar-refractivity contribution in [2.45, 2.75) is 56.5 Å². The highest BCUT2D eigenvalue weighted by molar-refractivity contribution is 8.25. The topological polar surface area (TPSA) is 70.1 Å². The third-order valence-corrected chi connectivity index (χ3v) is 9.37. The molecule has 5 rings (SSSR count). The molecular weight excluding hydrogens is 516 g/mol. The van der Waals surface area contributed by atoms with E-state index >= 15 is 0 Å². The molecule has 1 saturated heterocycles. The lowest BCUT2D eigenvalue weighted by Gasteiger charge is -2.27. The second kappa shape index (κ2) is 11.2. The van der Waals surface area contributed by atoms with E-state index in [0.717, 1.165) is 45.7 Å². The van der Waals surface area contributed by atoms with E-state index in [1.54, 1.807) is 0 Å². The van der Waals surface area contributed by atoms with Gasteiger partial charge in [-0.1, -0.05) is 97.5 Å². The van der Waals surface area contributed by atoms with Crippen LogP contribution in [0.3, 0.4) is 0 Å². The van der Waals surface area contributed by atoms with Gasteiger partial charge < -0.3 is 9.84 Å². The second-order valence-electron chi connectivity index (χ2n) is 9.35. The molecular formula is C30H30N2O4S2. The number of aromatic hydroxyl groups is 1. The average Bonchev–Trinajstić information content (AvgIpc) is 3.45. The summed E-state index contributed by atoms with van der Waals surface area (Å²) < 4.78 is 6.74. The largest absolute Gasteiger partial charge is 0.506 e. The lowest BCUT2D eigenvalue weighted by atomic mass is 10.1. The van der Waals surface area contributed by atoms with E-state index in [9.17, 15) is 14.7 Å². The van der Waals surface area contributed by atoms with Crippen molar-refractivity contribution < 1.29 is 19.4 Å². The van der Waals surface area contributed by atoms with Gasteiger partial charge >= 0.3 is 0 Å². The summed E-state index contributed by atoms with van der Waals surface area (Å²) in [5.41, 5.74) is 3.62. The van der Waals surface area contributed by atoms with Gasteiger partial charge in [-0.3, -0.25) is 9.59 Å². The molecule has 0 aromatic heterocycles. The quantitative estimate of drug-likeness (QED) is 0.195. The van der Waals surface area contributed by atoms with E-state index in [1.807, 2.05) is 74.5 Å². The molecule has 3 aromatic carbocycles. The second-order valence-corrected chi connectivity index (χ2v) is 11.7. The van der Waals surface area contributed by atoms with Gasteiger partial charge in [0.2, 0.25) is 0 Å². The van der Waals surface area contributed by atoms with E-state index in [4.69, 9.17) is 4.74 Å². The molecule has 8 heteroatoms. The van der Waals surface area contributed by atoms with E-state index < -0.39 is 0 Å². The third kappa shape index (κ3) is 4.90. The minimum absolute atomic E-state index is 0.136. The fourth-order valence-electron chi connectivity index (χ4n) is 4.46. The Hall–Kier alpha value is -3.36. The minimum Gasteiger partial charge on any atom is -0.506 e. The predicted molar refractivity (Wildman–Crippen MR) is 151 cm³/mol. The van der Waals surface area contributed by atoms with Gasteiger partial charge in [0.1, 0.15) is 17.1 Å². The Labute approximate surface area is 231 Å². The van der Waals surface area contributed by atoms with Crippen molar-refractivity contribution in [1.29, 1.82) is 0 Å². The van der Waals surface area contributed by atoms with Crippen LogP contribution in [0.2, 0.25) is 0 Å². The first kappa shape index (κ1) is 26.3. The van der Waals surface area contributed by atoms with Crippen molar-refractivity contribution in [3.63, 3.8) is 0 Å². The van der Waals surface area contributed by atoms with Gasteiger partial charge in [-0.15, -0.1) is 0 Å². The van der Waals surface area contributed by atoms with Gasteiger partial charge in [0, 0.05) is 0 Å². The number of fused-ring (bicyclic) bond motifs is 1. The molecule has 6 nitrogen and oxygen atoms in total. The number of benzene rings is 3. The Morgan fingerprint density at radius 2 is 1.32 bits per heavy atom. The molecule has 1 N–H and O–H groups in total. The highest BCUT2D eigenvalue weighted by Crippen LogP contribution is 2.61. The van der Waals surface area contributed by atoms with E-state index in [-0.39, 0.29) is 36.2 Å². The monoisotopic (exact) mass is 546 g/mol. The number of phenolic OH excluding ortho intramolecular Hbond substituents is 1. The average molecular weight is 547 g/mol. The number of rotatable bonds is 8. The minimum atomic E-state index is -0.334. The van der Waals surface area contributed by atoms with Crippen LogP contribution in [0, 0.1) is 13.8 Å². The molecule has 1 fully saturated rings. The highest BCUT2D eigenvalue weighted by Gasteiger charge is 2.45. The molecule has 0 bridgehead atoms. The fourth-order valence-corrected chi connectivity index (χ4v) is 7.23. The first-order valence-corrected chi connectivity index (χ1v) is 14.3. The first-order chi connectivity index (χ1) is 18.4. The van der Waals surface area contributed by atoms with Crippen molar-refractivity contribution in [3.8, 4) is 11.5 Å². The number of hydrazine groups is 1. The summed E-state index contributed by atoms with van der Waals surface area (Å²) in [5.74, 6) is 0.226. The number of nitrogens with zero attached hydrogens (tertiary/aromatic N) is 2. The Morgan fingerprint density at radius 3 is 1.84 bits per heavy atom. The van der Waals surface area contributed by atoms with Gasteiger partial charge in [-0.25, -0.2) is 10.0 Å². The summed E-state index contributed by atoms with van der Waals surface area (Å²) >= 11 is 2.62. The third-order valence-electron chi connectivity index (χ3n) is 6.76. The lowest BCUT2D eigenvalue weighted by molar-refractivity contribution is -0.149. The number of amides is 2. The zero-order valence-electron chi connectivity index (χ0n) is 21.7. The molecule has 0 spiro atoms. The molecule has 2 heterocycles. The van der Waals surface area contributed by atoms with Crippen LogP contribution < -0.4 is 4.74 Å². The summed E-state index contributed by atoms with van der Waals surface area (Å²) in [5, 5.41) is 14.0. The molecule has 0 radical (unpaired) electrons. The number of hydrogen-bond donors (Lipinski definition) is 1. The maximum absolute atomic E-state index is 13.9. The van der Waals surface area contributed by atoms with Crippen molar-refractivity contribution in [2.24, 2.45) is 0 Å². The van der Waals surface area contributed by atoms with Crippen molar-refractivity contribution in [3.05, 3.63) is 92.7 Å². The first-order valence-electron chi connectivity index (χ1n) is 12.7. The molecule has 0 saturated carbocycles. The molecule has 196 valence electrons. The maximum atomic E-state index is 13.9. The number of ether oxygens (including phenoxy) is 1. The lowest BCUT2D eigenvalue weighted by Crippen LogP contribution is -2.39. The molecule has 3 aromatic rings. The van der Waals surface area contributed by atoms with Crippen LogP contribution in [0.1, 0.15) is 42.0 Å². The number of unbranched alkanes of at least 4 members (excludes halogenated alkanes) is 1. The van der Waals surface area contributed by atoms with Crippen LogP contribution >= 0.6 is 23.5 Å². The predicted octanol–water partition coefficient (Wildman–Crippen LogP) is 6.58.